The Morgan fingerprint density at radius 1 is 1.43 bits per heavy atom. The minimum Gasteiger partial charge on any atom is -0.492 e. The molecule has 7 nitrogen and oxygen atoms in total. The zero-order chi connectivity index (χ0) is 15.8. The topological polar surface area (TPSA) is 88.7 Å². The molecule has 1 saturated heterocycles. The average molecular weight is 344 g/mol. The number of benzene rings is 1. The summed E-state index contributed by atoms with van der Waals surface area (Å²) in [5.74, 6) is 0.418. The summed E-state index contributed by atoms with van der Waals surface area (Å²) in [6.07, 6.45) is 0. The number of hydrogen-bond donors (Lipinski definition) is 3. The summed E-state index contributed by atoms with van der Waals surface area (Å²) in [4.78, 5) is 22.8. The third-order valence-corrected chi connectivity index (χ3v) is 3.06. The molecule has 1 aromatic carbocycles. The normalized spacial score (nSPS) is 16.8. The lowest BCUT2D eigenvalue weighted by Crippen LogP contribution is -2.51. The molecule has 1 aromatic rings. The van der Waals surface area contributed by atoms with Crippen LogP contribution < -0.4 is 20.7 Å². The number of morpholine rings is 1. The fraction of sp³-hybridized carbons (Fsp3) is 0.467. The second kappa shape index (κ2) is 10.0. The van der Waals surface area contributed by atoms with Crippen LogP contribution in [0.4, 0.5) is 5.69 Å². The zero-order valence-corrected chi connectivity index (χ0v) is 13.8. The molecule has 0 bridgehead atoms. The molecule has 128 valence electrons. The number of anilines is 1. The number of nitrogens with one attached hydrogen (secondary N) is 3. The van der Waals surface area contributed by atoms with Gasteiger partial charge >= 0.3 is 0 Å². The van der Waals surface area contributed by atoms with Crippen molar-refractivity contribution in [1.82, 2.24) is 10.6 Å². The van der Waals surface area contributed by atoms with Crippen LogP contribution >= 0.6 is 12.4 Å². The van der Waals surface area contributed by atoms with Crippen LogP contribution in [0.3, 0.4) is 0 Å². The molecule has 1 aliphatic heterocycles. The molecule has 1 fully saturated rings. The highest BCUT2D eigenvalue weighted by molar-refractivity contribution is 5.88. The molecule has 23 heavy (non-hydrogen) atoms. The highest BCUT2D eigenvalue weighted by Gasteiger charge is 2.20. The summed E-state index contributed by atoms with van der Waals surface area (Å²) in [6, 6.07) is 6.81. The molecule has 0 saturated carbocycles. The van der Waals surface area contributed by atoms with Crippen LogP contribution in [0.25, 0.3) is 0 Å². The van der Waals surface area contributed by atoms with Crippen LogP contribution in [0.15, 0.2) is 24.3 Å². The van der Waals surface area contributed by atoms with Crippen molar-refractivity contribution in [3.8, 4) is 5.75 Å². The number of hydrogen-bond acceptors (Lipinski definition) is 5. The maximum atomic E-state index is 11.8. The van der Waals surface area contributed by atoms with E-state index >= 15 is 0 Å². The third-order valence-electron chi connectivity index (χ3n) is 3.06. The molecule has 2 rings (SSSR count). The van der Waals surface area contributed by atoms with Crippen molar-refractivity contribution in [3.63, 3.8) is 0 Å². The molecule has 3 N–H and O–H groups in total. The molecule has 0 aromatic heterocycles. The van der Waals surface area contributed by atoms with Crippen molar-refractivity contribution in [2.24, 2.45) is 0 Å². The van der Waals surface area contributed by atoms with Crippen molar-refractivity contribution in [3.05, 3.63) is 24.3 Å². The predicted molar refractivity (Wildman–Crippen MR) is 89.1 cm³/mol. The lowest BCUT2D eigenvalue weighted by atomic mass is 10.2. The Morgan fingerprint density at radius 2 is 2.26 bits per heavy atom. The maximum absolute atomic E-state index is 11.8. The van der Waals surface area contributed by atoms with Crippen molar-refractivity contribution >= 4 is 29.9 Å². The Hall–Kier alpha value is -1.83. The Labute approximate surface area is 141 Å². The molecule has 1 atom stereocenters. The summed E-state index contributed by atoms with van der Waals surface area (Å²) >= 11 is 0. The first kappa shape index (κ1) is 19.2. The average Bonchev–Trinajstić information content (AvgIpc) is 2.52. The summed E-state index contributed by atoms with van der Waals surface area (Å²) < 4.78 is 10.8. The van der Waals surface area contributed by atoms with Crippen LogP contribution in [-0.2, 0) is 14.3 Å². The maximum Gasteiger partial charge on any atom is 0.239 e. The molecule has 0 spiro atoms. The van der Waals surface area contributed by atoms with Gasteiger partial charge in [-0.25, -0.2) is 0 Å². The minimum absolute atomic E-state index is 0. The van der Waals surface area contributed by atoms with Gasteiger partial charge < -0.3 is 25.4 Å². The van der Waals surface area contributed by atoms with E-state index in [0.717, 1.165) is 0 Å². The van der Waals surface area contributed by atoms with E-state index in [0.29, 0.717) is 44.3 Å². The molecule has 0 aliphatic carbocycles. The van der Waals surface area contributed by atoms with Crippen LogP contribution in [-0.4, -0.2) is 50.8 Å². The predicted octanol–water partition coefficient (Wildman–Crippen LogP) is 0.550. The first-order chi connectivity index (χ1) is 10.6. The van der Waals surface area contributed by atoms with Gasteiger partial charge in [0.25, 0.3) is 0 Å². The SMILES string of the molecule is CC(=O)Nc1cccc(OCCNC(=O)C2COCCN2)c1.Cl. The van der Waals surface area contributed by atoms with E-state index in [1.807, 2.05) is 0 Å². The number of amides is 2. The summed E-state index contributed by atoms with van der Waals surface area (Å²) in [5, 5.41) is 8.56. The largest absolute Gasteiger partial charge is 0.492 e. The van der Waals surface area contributed by atoms with Crippen LogP contribution in [0.5, 0.6) is 5.75 Å². The lowest BCUT2D eigenvalue weighted by Gasteiger charge is -2.22. The summed E-state index contributed by atoms with van der Waals surface area (Å²) in [6.45, 7) is 3.92. The summed E-state index contributed by atoms with van der Waals surface area (Å²) in [5.41, 5.74) is 0.678. The standard InChI is InChI=1S/C15H21N3O4.ClH/c1-11(19)18-12-3-2-4-13(9-12)22-8-6-17-15(20)14-10-21-7-5-16-14;/h2-4,9,14,16H,5-8,10H2,1H3,(H,17,20)(H,18,19);1H. The van der Waals surface area contributed by atoms with Gasteiger partial charge in [0.15, 0.2) is 0 Å². The van der Waals surface area contributed by atoms with Gasteiger partial charge in [0.2, 0.25) is 11.8 Å². The van der Waals surface area contributed by atoms with Crippen molar-refractivity contribution in [2.45, 2.75) is 13.0 Å². The van der Waals surface area contributed by atoms with Gasteiger partial charge in [-0.15, -0.1) is 12.4 Å². The van der Waals surface area contributed by atoms with Gasteiger partial charge in [0.05, 0.1) is 19.8 Å². The number of carbonyl (C=O) groups excluding carboxylic acids is 2. The van der Waals surface area contributed by atoms with Crippen LogP contribution in [0, 0.1) is 0 Å². The molecular weight excluding hydrogens is 322 g/mol. The van der Waals surface area contributed by atoms with E-state index in [4.69, 9.17) is 9.47 Å². The van der Waals surface area contributed by atoms with E-state index in [1.165, 1.54) is 6.92 Å². The van der Waals surface area contributed by atoms with Crippen molar-refractivity contribution < 1.29 is 19.1 Å². The molecule has 0 radical (unpaired) electrons. The quantitative estimate of drug-likeness (QED) is 0.656. The Bertz CT molecular complexity index is 521. The van der Waals surface area contributed by atoms with E-state index < -0.39 is 0 Å². The third kappa shape index (κ3) is 6.85. The van der Waals surface area contributed by atoms with E-state index in [9.17, 15) is 9.59 Å². The van der Waals surface area contributed by atoms with Gasteiger partial charge in [0, 0.05) is 25.2 Å². The smallest absolute Gasteiger partial charge is 0.239 e. The molecular formula is C15H22ClN3O4. The summed E-state index contributed by atoms with van der Waals surface area (Å²) in [7, 11) is 0. The monoisotopic (exact) mass is 343 g/mol. The fourth-order valence-corrected chi connectivity index (χ4v) is 2.07. The molecule has 1 heterocycles. The van der Waals surface area contributed by atoms with Gasteiger partial charge in [-0.3, -0.25) is 9.59 Å². The van der Waals surface area contributed by atoms with Gasteiger partial charge in [0.1, 0.15) is 18.4 Å². The van der Waals surface area contributed by atoms with E-state index in [2.05, 4.69) is 16.0 Å². The number of ether oxygens (including phenoxy) is 2. The number of halogens is 1. The zero-order valence-electron chi connectivity index (χ0n) is 13.0. The highest BCUT2D eigenvalue weighted by atomic mass is 35.5. The van der Waals surface area contributed by atoms with Gasteiger partial charge in [-0.05, 0) is 12.1 Å². The highest BCUT2D eigenvalue weighted by Crippen LogP contribution is 2.16. The number of carbonyl (C=O) groups is 2. The Balaban J connectivity index is 0.00000264. The van der Waals surface area contributed by atoms with Crippen LogP contribution in [0.2, 0.25) is 0 Å². The first-order valence-electron chi connectivity index (χ1n) is 7.24. The van der Waals surface area contributed by atoms with Gasteiger partial charge in [-0.1, -0.05) is 6.07 Å². The first-order valence-corrected chi connectivity index (χ1v) is 7.24. The minimum atomic E-state index is -0.295. The Kier molecular flexibility index (Phi) is 8.39. The van der Waals surface area contributed by atoms with E-state index in [-0.39, 0.29) is 30.3 Å². The van der Waals surface area contributed by atoms with Crippen molar-refractivity contribution in [1.29, 1.82) is 0 Å². The molecule has 1 unspecified atom stereocenters. The Morgan fingerprint density at radius 3 is 2.96 bits per heavy atom. The van der Waals surface area contributed by atoms with Crippen LogP contribution in [0.1, 0.15) is 6.92 Å². The second-order valence-electron chi connectivity index (χ2n) is 4.93. The molecule has 1 aliphatic rings. The fourth-order valence-electron chi connectivity index (χ4n) is 2.07. The van der Waals surface area contributed by atoms with E-state index in [1.54, 1.807) is 24.3 Å². The molecule has 2 amide bonds. The molecule has 8 heteroatoms. The number of rotatable bonds is 6. The van der Waals surface area contributed by atoms with Crippen molar-refractivity contribution in [2.75, 3.05) is 38.2 Å². The van der Waals surface area contributed by atoms with Gasteiger partial charge in [-0.2, -0.15) is 0 Å². The second-order valence-corrected chi connectivity index (χ2v) is 4.93. The lowest BCUT2D eigenvalue weighted by molar-refractivity contribution is -0.126.